The Hall–Kier alpha value is -5.82. The standard InChI is InChI=1S/C33H23ClF2N4O7/c1-45-29-17-25-22(16-30(29)47-27-9-7-21(40(43)44)15-23(27)34)26(10-13-37-25)46-28-8-6-20(14-24(28)36)39-32(42)33(11-12-33)31(41)38-19-4-2-18(35)3-5-19/h2-10,13-17H,11-12H2,1H3,(H,38,41)(H,39,42). The Morgan fingerprint density at radius 1 is 0.830 bits per heavy atom. The molecule has 1 saturated carbocycles. The molecule has 0 spiro atoms. The Kier molecular flexibility index (Phi) is 8.31. The molecule has 2 amide bonds. The summed E-state index contributed by atoms with van der Waals surface area (Å²) in [6.07, 6.45) is 2.07. The number of carbonyl (C=O) groups excluding carboxylic acids is 2. The Bertz CT molecular complexity index is 2060. The molecule has 1 aliphatic carbocycles. The number of hydrogen-bond acceptors (Lipinski definition) is 8. The Labute approximate surface area is 270 Å². The van der Waals surface area contributed by atoms with Crippen LogP contribution in [0.3, 0.4) is 0 Å². The summed E-state index contributed by atoms with van der Waals surface area (Å²) >= 11 is 6.21. The zero-order valence-electron chi connectivity index (χ0n) is 24.4. The van der Waals surface area contributed by atoms with Crippen LogP contribution >= 0.6 is 11.6 Å². The van der Waals surface area contributed by atoms with E-state index >= 15 is 4.39 Å². The van der Waals surface area contributed by atoms with Crippen molar-refractivity contribution in [2.45, 2.75) is 12.8 Å². The van der Waals surface area contributed by atoms with E-state index in [0.717, 1.165) is 12.1 Å². The van der Waals surface area contributed by atoms with Gasteiger partial charge < -0.3 is 24.8 Å². The maximum absolute atomic E-state index is 15.3. The number of methoxy groups -OCH3 is 1. The molecule has 1 aromatic heterocycles. The molecule has 5 aromatic rings. The number of benzene rings is 4. The van der Waals surface area contributed by atoms with Crippen LogP contribution in [0.2, 0.25) is 5.02 Å². The molecule has 0 bridgehead atoms. The number of aromatic nitrogens is 1. The van der Waals surface area contributed by atoms with Gasteiger partial charge in [0.1, 0.15) is 22.7 Å². The Morgan fingerprint density at radius 3 is 2.13 bits per heavy atom. The van der Waals surface area contributed by atoms with Gasteiger partial charge in [-0.05, 0) is 67.4 Å². The van der Waals surface area contributed by atoms with Crippen LogP contribution in [-0.2, 0) is 9.59 Å². The number of carbonyl (C=O) groups is 2. The maximum Gasteiger partial charge on any atom is 0.271 e. The third-order valence-corrected chi connectivity index (χ3v) is 7.76. The van der Waals surface area contributed by atoms with Gasteiger partial charge >= 0.3 is 0 Å². The van der Waals surface area contributed by atoms with Crippen molar-refractivity contribution >= 4 is 51.4 Å². The average Bonchev–Trinajstić information content (AvgIpc) is 3.87. The van der Waals surface area contributed by atoms with Gasteiger partial charge in [-0.1, -0.05) is 11.6 Å². The first-order valence-corrected chi connectivity index (χ1v) is 14.4. The van der Waals surface area contributed by atoms with Crippen LogP contribution in [0.15, 0.2) is 85.1 Å². The summed E-state index contributed by atoms with van der Waals surface area (Å²) < 4.78 is 45.8. The predicted octanol–water partition coefficient (Wildman–Crippen LogP) is 8.03. The highest BCUT2D eigenvalue weighted by atomic mass is 35.5. The molecule has 0 radical (unpaired) electrons. The molecule has 2 N–H and O–H groups in total. The summed E-state index contributed by atoms with van der Waals surface area (Å²) in [5.74, 6) is -1.75. The molecule has 0 saturated heterocycles. The first kappa shape index (κ1) is 31.2. The summed E-state index contributed by atoms with van der Waals surface area (Å²) in [4.78, 5) is 40.7. The lowest BCUT2D eigenvalue weighted by molar-refractivity contribution is -0.384. The zero-order chi connectivity index (χ0) is 33.3. The fourth-order valence-corrected chi connectivity index (χ4v) is 4.97. The van der Waals surface area contributed by atoms with Gasteiger partial charge in [-0.15, -0.1) is 0 Å². The second kappa shape index (κ2) is 12.5. The average molecular weight is 661 g/mol. The van der Waals surface area contributed by atoms with Crippen molar-refractivity contribution in [1.82, 2.24) is 4.98 Å². The topological polar surface area (TPSA) is 142 Å². The number of nitrogens with zero attached hydrogens (tertiary/aromatic N) is 2. The normalized spacial score (nSPS) is 13.0. The van der Waals surface area contributed by atoms with Crippen LogP contribution in [0.4, 0.5) is 25.8 Å². The number of pyridine rings is 1. The molecule has 11 nitrogen and oxygen atoms in total. The van der Waals surface area contributed by atoms with Gasteiger partial charge in [0, 0.05) is 47.2 Å². The quantitative estimate of drug-likeness (QED) is 0.0871. The van der Waals surface area contributed by atoms with Gasteiger partial charge in [0.05, 0.1) is 22.6 Å². The van der Waals surface area contributed by atoms with Crippen LogP contribution in [0, 0.1) is 27.2 Å². The number of nitro benzene ring substituents is 1. The summed E-state index contributed by atoms with van der Waals surface area (Å²) in [5, 5.41) is 16.7. The SMILES string of the molecule is COc1cc2nccc(Oc3ccc(NC(=O)C4(C(=O)Nc5ccc(F)cc5)CC4)cc3F)c2cc1Oc1ccc([N+](=O)[O-])cc1Cl. The molecule has 14 heteroatoms. The van der Waals surface area contributed by atoms with E-state index in [2.05, 4.69) is 15.6 Å². The lowest BCUT2D eigenvalue weighted by atomic mass is 10.0. The van der Waals surface area contributed by atoms with Crippen molar-refractivity contribution in [2.24, 2.45) is 5.41 Å². The van der Waals surface area contributed by atoms with Gasteiger partial charge in [-0.25, -0.2) is 8.78 Å². The van der Waals surface area contributed by atoms with Gasteiger partial charge in [0.2, 0.25) is 11.8 Å². The molecule has 0 atom stereocenters. The molecule has 0 unspecified atom stereocenters. The van der Waals surface area contributed by atoms with E-state index in [1.165, 1.54) is 67.9 Å². The van der Waals surface area contributed by atoms with E-state index in [9.17, 15) is 24.1 Å². The molecule has 1 heterocycles. The van der Waals surface area contributed by atoms with Gasteiger partial charge in [0.15, 0.2) is 23.1 Å². The van der Waals surface area contributed by atoms with E-state index < -0.39 is 33.8 Å². The zero-order valence-corrected chi connectivity index (χ0v) is 25.1. The van der Waals surface area contributed by atoms with E-state index in [1.807, 2.05) is 0 Å². The second-order valence-electron chi connectivity index (χ2n) is 10.5. The highest BCUT2D eigenvalue weighted by Gasteiger charge is 2.56. The molecule has 4 aromatic carbocycles. The molecule has 0 aliphatic heterocycles. The van der Waals surface area contributed by atoms with Crippen molar-refractivity contribution in [3.05, 3.63) is 112 Å². The van der Waals surface area contributed by atoms with Crippen LogP contribution in [0.1, 0.15) is 12.8 Å². The molecular weight excluding hydrogens is 638 g/mol. The molecule has 6 rings (SSSR count). The van der Waals surface area contributed by atoms with Gasteiger partial charge in [-0.2, -0.15) is 0 Å². The lowest BCUT2D eigenvalue weighted by Gasteiger charge is -2.16. The van der Waals surface area contributed by atoms with Crippen molar-refractivity contribution in [1.29, 1.82) is 0 Å². The third-order valence-electron chi connectivity index (χ3n) is 7.46. The molecule has 47 heavy (non-hydrogen) atoms. The van der Waals surface area contributed by atoms with Crippen molar-refractivity contribution < 1.29 is 37.5 Å². The third kappa shape index (κ3) is 6.47. The van der Waals surface area contributed by atoms with Crippen LogP contribution in [0.5, 0.6) is 28.7 Å². The van der Waals surface area contributed by atoms with E-state index in [1.54, 1.807) is 12.1 Å². The number of ether oxygens (including phenoxy) is 3. The first-order chi connectivity index (χ1) is 22.6. The minimum absolute atomic E-state index is 0.000578. The van der Waals surface area contributed by atoms with Crippen LogP contribution < -0.4 is 24.8 Å². The Balaban J connectivity index is 1.20. The number of rotatable bonds is 10. The predicted molar refractivity (Wildman–Crippen MR) is 168 cm³/mol. The maximum atomic E-state index is 15.3. The number of fused-ring (bicyclic) bond motifs is 1. The number of nitrogens with one attached hydrogen (secondary N) is 2. The van der Waals surface area contributed by atoms with Crippen LogP contribution in [0.25, 0.3) is 10.9 Å². The number of nitro groups is 1. The largest absolute Gasteiger partial charge is 0.493 e. The monoisotopic (exact) mass is 660 g/mol. The lowest BCUT2D eigenvalue weighted by Crippen LogP contribution is -2.35. The van der Waals surface area contributed by atoms with Crippen molar-refractivity contribution in [2.75, 3.05) is 17.7 Å². The van der Waals surface area contributed by atoms with Crippen LogP contribution in [-0.4, -0.2) is 28.8 Å². The smallest absolute Gasteiger partial charge is 0.271 e. The fraction of sp³-hybridized carbons (Fsp3) is 0.121. The number of non-ortho nitro benzene ring substituents is 1. The van der Waals surface area contributed by atoms with E-state index in [-0.39, 0.29) is 45.1 Å². The van der Waals surface area contributed by atoms with E-state index in [4.69, 9.17) is 25.8 Å². The number of hydrogen-bond donors (Lipinski definition) is 2. The fourth-order valence-electron chi connectivity index (χ4n) is 4.76. The van der Waals surface area contributed by atoms with Crippen molar-refractivity contribution in [3.63, 3.8) is 0 Å². The summed E-state index contributed by atoms with van der Waals surface area (Å²) in [6, 6.07) is 17.4. The molecular formula is C33H23ClF2N4O7. The summed E-state index contributed by atoms with van der Waals surface area (Å²) in [6.45, 7) is 0. The number of halogens is 3. The van der Waals surface area contributed by atoms with Gasteiger partial charge in [-0.3, -0.25) is 24.7 Å². The Morgan fingerprint density at radius 2 is 1.49 bits per heavy atom. The van der Waals surface area contributed by atoms with Crippen molar-refractivity contribution in [3.8, 4) is 28.7 Å². The number of anilines is 2. The second-order valence-corrected chi connectivity index (χ2v) is 11.0. The molecule has 1 aliphatic rings. The summed E-state index contributed by atoms with van der Waals surface area (Å²) in [7, 11) is 1.42. The number of amides is 2. The molecule has 238 valence electrons. The first-order valence-electron chi connectivity index (χ1n) is 14.0. The van der Waals surface area contributed by atoms with Gasteiger partial charge in [0.25, 0.3) is 5.69 Å². The minimum Gasteiger partial charge on any atom is -0.493 e. The summed E-state index contributed by atoms with van der Waals surface area (Å²) in [5.41, 5.74) is -0.644. The highest BCUT2D eigenvalue weighted by molar-refractivity contribution is 6.32. The van der Waals surface area contributed by atoms with E-state index in [0.29, 0.717) is 29.4 Å². The highest BCUT2D eigenvalue weighted by Crippen LogP contribution is 2.48. The minimum atomic E-state index is -1.32. The molecule has 1 fully saturated rings.